The van der Waals surface area contributed by atoms with Crippen molar-refractivity contribution in [2.75, 3.05) is 18.0 Å². The van der Waals surface area contributed by atoms with E-state index >= 15 is 0 Å². The highest BCUT2D eigenvalue weighted by Crippen LogP contribution is 2.16. The lowest BCUT2D eigenvalue weighted by atomic mass is 10.2. The third kappa shape index (κ3) is 2.02. The van der Waals surface area contributed by atoms with Gasteiger partial charge in [-0.2, -0.15) is 0 Å². The van der Waals surface area contributed by atoms with Gasteiger partial charge in [0.1, 0.15) is 11.4 Å². The van der Waals surface area contributed by atoms with Crippen LogP contribution in [0.25, 0.3) is 0 Å². The second kappa shape index (κ2) is 4.60. The summed E-state index contributed by atoms with van der Waals surface area (Å²) in [6, 6.07) is 3.21. The topological polar surface area (TPSA) is 53.4 Å². The van der Waals surface area contributed by atoms with E-state index in [2.05, 4.69) is 4.98 Å². The summed E-state index contributed by atoms with van der Waals surface area (Å²) in [6.45, 7) is 5.47. The van der Waals surface area contributed by atoms with Crippen LogP contribution in [0.15, 0.2) is 18.3 Å². The van der Waals surface area contributed by atoms with E-state index in [1.54, 1.807) is 18.3 Å². The third-order valence-electron chi connectivity index (χ3n) is 2.08. The molecule has 0 radical (unpaired) electrons. The molecule has 1 N–H and O–H groups in total. The van der Waals surface area contributed by atoms with Crippen LogP contribution in [0.1, 0.15) is 24.2 Å². The van der Waals surface area contributed by atoms with E-state index in [4.69, 9.17) is 5.11 Å². The Balaban J connectivity index is 3.11. The van der Waals surface area contributed by atoms with Crippen molar-refractivity contribution in [3.05, 3.63) is 23.9 Å². The molecule has 0 aliphatic heterocycles. The lowest BCUT2D eigenvalue weighted by molar-refractivity contribution is 0.0697. The van der Waals surface area contributed by atoms with Crippen LogP contribution < -0.4 is 4.90 Å². The summed E-state index contributed by atoms with van der Waals surface area (Å²) in [6.07, 6.45) is 1.61. The Morgan fingerprint density at radius 1 is 1.50 bits per heavy atom. The molecule has 0 aliphatic rings. The van der Waals surface area contributed by atoms with Gasteiger partial charge in [0, 0.05) is 19.3 Å². The summed E-state index contributed by atoms with van der Waals surface area (Å²) < 4.78 is 0. The largest absolute Gasteiger partial charge is 0.478 e. The molecule has 14 heavy (non-hydrogen) atoms. The number of pyridine rings is 1. The van der Waals surface area contributed by atoms with Gasteiger partial charge in [-0.3, -0.25) is 0 Å². The summed E-state index contributed by atoms with van der Waals surface area (Å²) in [5, 5.41) is 8.94. The molecule has 0 bridgehead atoms. The Labute approximate surface area is 83.2 Å². The zero-order chi connectivity index (χ0) is 10.6. The maximum atomic E-state index is 10.9. The fourth-order valence-electron chi connectivity index (χ4n) is 1.34. The second-order valence-corrected chi connectivity index (χ2v) is 2.85. The number of aromatic carboxylic acids is 1. The molecule has 0 fully saturated rings. The zero-order valence-electron chi connectivity index (χ0n) is 8.40. The van der Waals surface area contributed by atoms with Crippen LogP contribution in [0.2, 0.25) is 0 Å². The van der Waals surface area contributed by atoms with Gasteiger partial charge in [0.15, 0.2) is 0 Å². The van der Waals surface area contributed by atoms with Crippen molar-refractivity contribution < 1.29 is 9.90 Å². The van der Waals surface area contributed by atoms with Gasteiger partial charge >= 0.3 is 5.97 Å². The molecule has 0 spiro atoms. The zero-order valence-corrected chi connectivity index (χ0v) is 8.40. The van der Waals surface area contributed by atoms with E-state index in [1.165, 1.54) is 0 Å². The van der Waals surface area contributed by atoms with Crippen LogP contribution in [0.5, 0.6) is 0 Å². The maximum absolute atomic E-state index is 10.9. The lowest BCUT2D eigenvalue weighted by Crippen LogP contribution is -2.25. The van der Waals surface area contributed by atoms with Gasteiger partial charge in [0.05, 0.1) is 0 Å². The van der Waals surface area contributed by atoms with E-state index in [1.807, 2.05) is 18.7 Å². The third-order valence-corrected chi connectivity index (χ3v) is 2.08. The average Bonchev–Trinajstić information content (AvgIpc) is 2.20. The summed E-state index contributed by atoms with van der Waals surface area (Å²) in [7, 11) is 0. The van der Waals surface area contributed by atoms with Crippen molar-refractivity contribution in [2.24, 2.45) is 0 Å². The molecule has 4 nitrogen and oxygen atoms in total. The predicted molar refractivity (Wildman–Crippen MR) is 54.8 cm³/mol. The minimum Gasteiger partial charge on any atom is -0.478 e. The fourth-order valence-corrected chi connectivity index (χ4v) is 1.34. The molecule has 76 valence electrons. The van der Waals surface area contributed by atoms with E-state index < -0.39 is 5.97 Å². The molecule has 1 aromatic rings. The quantitative estimate of drug-likeness (QED) is 0.791. The normalized spacial score (nSPS) is 9.86. The lowest BCUT2D eigenvalue weighted by Gasteiger charge is -2.20. The molecule has 0 amide bonds. The first-order chi connectivity index (χ1) is 6.70. The molecule has 1 heterocycles. The van der Waals surface area contributed by atoms with Gasteiger partial charge in [-0.15, -0.1) is 0 Å². The van der Waals surface area contributed by atoms with Crippen LogP contribution in [-0.2, 0) is 0 Å². The van der Waals surface area contributed by atoms with Crippen LogP contribution in [0.4, 0.5) is 5.82 Å². The first kappa shape index (κ1) is 10.5. The van der Waals surface area contributed by atoms with Crippen LogP contribution in [0, 0.1) is 0 Å². The molecular formula is C10H14N2O2. The van der Waals surface area contributed by atoms with Crippen molar-refractivity contribution in [3.63, 3.8) is 0 Å². The summed E-state index contributed by atoms with van der Waals surface area (Å²) in [5.74, 6) is -0.384. The van der Waals surface area contributed by atoms with Crippen LogP contribution >= 0.6 is 0 Å². The number of nitrogens with zero attached hydrogens (tertiary/aromatic N) is 2. The monoisotopic (exact) mass is 194 g/mol. The molecule has 4 heteroatoms. The van der Waals surface area contributed by atoms with Gasteiger partial charge in [-0.1, -0.05) is 0 Å². The number of carboxylic acid groups (broad SMARTS) is 1. The highest BCUT2D eigenvalue weighted by atomic mass is 16.4. The molecular weight excluding hydrogens is 180 g/mol. The van der Waals surface area contributed by atoms with Crippen molar-refractivity contribution in [3.8, 4) is 0 Å². The maximum Gasteiger partial charge on any atom is 0.339 e. The Morgan fingerprint density at radius 2 is 2.14 bits per heavy atom. The molecule has 0 unspecified atom stereocenters. The fraction of sp³-hybridized carbons (Fsp3) is 0.400. The number of anilines is 1. The second-order valence-electron chi connectivity index (χ2n) is 2.85. The Hall–Kier alpha value is -1.58. The van der Waals surface area contributed by atoms with Crippen LogP contribution in [-0.4, -0.2) is 29.1 Å². The minimum atomic E-state index is -0.931. The van der Waals surface area contributed by atoms with Gasteiger partial charge < -0.3 is 10.0 Å². The molecule has 0 aliphatic carbocycles. The van der Waals surface area contributed by atoms with Crippen molar-refractivity contribution in [2.45, 2.75) is 13.8 Å². The number of aromatic nitrogens is 1. The van der Waals surface area contributed by atoms with Crippen molar-refractivity contribution in [1.82, 2.24) is 4.98 Å². The van der Waals surface area contributed by atoms with Gasteiger partial charge in [0.25, 0.3) is 0 Å². The van der Waals surface area contributed by atoms with E-state index in [-0.39, 0.29) is 5.56 Å². The summed E-state index contributed by atoms with van der Waals surface area (Å²) in [5.41, 5.74) is 0.260. The minimum absolute atomic E-state index is 0.260. The molecule has 1 rings (SSSR count). The number of carbonyl (C=O) groups is 1. The molecule has 0 aromatic carbocycles. The van der Waals surface area contributed by atoms with Crippen LogP contribution in [0.3, 0.4) is 0 Å². The van der Waals surface area contributed by atoms with Gasteiger partial charge in [0.2, 0.25) is 0 Å². The Kier molecular flexibility index (Phi) is 3.45. The summed E-state index contributed by atoms with van der Waals surface area (Å²) in [4.78, 5) is 16.9. The summed E-state index contributed by atoms with van der Waals surface area (Å²) >= 11 is 0. The Morgan fingerprint density at radius 3 is 2.64 bits per heavy atom. The number of carboxylic acids is 1. The van der Waals surface area contributed by atoms with E-state index in [0.29, 0.717) is 5.82 Å². The van der Waals surface area contributed by atoms with Crippen molar-refractivity contribution >= 4 is 11.8 Å². The SMILES string of the molecule is CCN(CC)c1ncccc1C(=O)O. The first-order valence-electron chi connectivity index (χ1n) is 4.64. The van der Waals surface area contributed by atoms with E-state index in [0.717, 1.165) is 13.1 Å². The number of hydrogen-bond donors (Lipinski definition) is 1. The van der Waals surface area contributed by atoms with E-state index in [9.17, 15) is 4.79 Å². The molecule has 0 atom stereocenters. The number of hydrogen-bond acceptors (Lipinski definition) is 3. The number of rotatable bonds is 4. The molecule has 0 saturated carbocycles. The molecule has 0 saturated heterocycles. The molecule has 1 aromatic heterocycles. The smallest absolute Gasteiger partial charge is 0.339 e. The van der Waals surface area contributed by atoms with Gasteiger partial charge in [-0.05, 0) is 26.0 Å². The Bertz CT molecular complexity index is 322. The highest BCUT2D eigenvalue weighted by Gasteiger charge is 2.14. The highest BCUT2D eigenvalue weighted by molar-refractivity contribution is 5.93. The van der Waals surface area contributed by atoms with Gasteiger partial charge in [-0.25, -0.2) is 9.78 Å². The standard InChI is InChI=1S/C10H14N2O2/c1-3-12(4-2)9-8(10(13)14)6-5-7-11-9/h5-7H,3-4H2,1-2H3,(H,13,14). The predicted octanol–water partition coefficient (Wildman–Crippen LogP) is 1.63. The first-order valence-corrected chi connectivity index (χ1v) is 4.64. The van der Waals surface area contributed by atoms with Crippen molar-refractivity contribution in [1.29, 1.82) is 0 Å². The average molecular weight is 194 g/mol.